The molecular weight excluding hydrogens is 414 g/mol. The van der Waals surface area contributed by atoms with Crippen LogP contribution in [-0.2, 0) is 20.9 Å². The van der Waals surface area contributed by atoms with Gasteiger partial charge in [-0.25, -0.2) is 9.78 Å². The van der Waals surface area contributed by atoms with Crippen LogP contribution in [0.3, 0.4) is 0 Å². The number of hydrogen-bond donors (Lipinski definition) is 0. The standard InChI is InChI=1S/C23H29N3O4S/c1-3-30-22(29)21-17(2)24-23(31-21)26(15-18-11-7-6-8-12-18)20(28)16-25-14-10-5-4-9-13-19(25)27/h6-8,11-12H,3-5,9-10,13-16H2,1-2H3. The maximum Gasteiger partial charge on any atom is 0.350 e. The van der Waals surface area contributed by atoms with Gasteiger partial charge in [0.25, 0.3) is 0 Å². The summed E-state index contributed by atoms with van der Waals surface area (Å²) in [6.45, 7) is 4.68. The summed E-state index contributed by atoms with van der Waals surface area (Å²) in [5, 5.41) is 0.439. The number of anilines is 1. The van der Waals surface area contributed by atoms with Crippen molar-refractivity contribution in [3.63, 3.8) is 0 Å². The van der Waals surface area contributed by atoms with E-state index in [0.29, 0.717) is 35.2 Å². The summed E-state index contributed by atoms with van der Waals surface area (Å²) >= 11 is 1.15. The number of amides is 2. The van der Waals surface area contributed by atoms with Crippen LogP contribution in [0, 0.1) is 6.92 Å². The second kappa shape index (κ2) is 11.0. The number of benzene rings is 1. The lowest BCUT2D eigenvalue weighted by molar-refractivity contribution is -0.135. The summed E-state index contributed by atoms with van der Waals surface area (Å²) in [6.07, 6.45) is 4.38. The van der Waals surface area contributed by atoms with Gasteiger partial charge in [0.15, 0.2) is 5.13 Å². The topological polar surface area (TPSA) is 79.8 Å². The van der Waals surface area contributed by atoms with Crippen LogP contribution in [0.5, 0.6) is 0 Å². The van der Waals surface area contributed by atoms with Crippen molar-refractivity contribution < 1.29 is 19.1 Å². The number of nitrogens with zero attached hydrogens (tertiary/aromatic N) is 3. The quantitative estimate of drug-likeness (QED) is 0.605. The fraction of sp³-hybridized carbons (Fsp3) is 0.478. The number of rotatable bonds is 7. The number of ether oxygens (including phenoxy) is 1. The molecule has 2 aromatic rings. The molecule has 0 N–H and O–H groups in total. The van der Waals surface area contributed by atoms with Gasteiger partial charge in [-0.3, -0.25) is 14.5 Å². The highest BCUT2D eigenvalue weighted by Gasteiger charge is 2.27. The zero-order valence-corrected chi connectivity index (χ0v) is 19.0. The minimum atomic E-state index is -0.435. The first-order chi connectivity index (χ1) is 15.0. The molecule has 8 heteroatoms. The summed E-state index contributed by atoms with van der Waals surface area (Å²) < 4.78 is 5.12. The van der Waals surface area contributed by atoms with Gasteiger partial charge in [0.2, 0.25) is 11.8 Å². The monoisotopic (exact) mass is 443 g/mol. The van der Waals surface area contributed by atoms with Gasteiger partial charge in [-0.05, 0) is 32.3 Å². The molecule has 1 aromatic carbocycles. The van der Waals surface area contributed by atoms with Crippen LogP contribution in [0.1, 0.15) is 60.0 Å². The molecule has 1 aliphatic rings. The van der Waals surface area contributed by atoms with Gasteiger partial charge in [-0.15, -0.1) is 0 Å². The highest BCUT2D eigenvalue weighted by atomic mass is 32.1. The molecule has 0 unspecified atom stereocenters. The molecule has 2 heterocycles. The van der Waals surface area contributed by atoms with Crippen molar-refractivity contribution in [2.24, 2.45) is 0 Å². The number of esters is 1. The molecule has 0 atom stereocenters. The average Bonchev–Trinajstić information content (AvgIpc) is 3.14. The third-order valence-corrected chi connectivity index (χ3v) is 6.37. The molecule has 0 spiro atoms. The molecule has 0 saturated carbocycles. The fourth-order valence-corrected chi connectivity index (χ4v) is 4.52. The third-order valence-electron chi connectivity index (χ3n) is 5.21. The lowest BCUT2D eigenvalue weighted by Gasteiger charge is -2.27. The number of aryl methyl sites for hydroxylation is 1. The zero-order valence-electron chi connectivity index (χ0n) is 18.1. The van der Waals surface area contributed by atoms with Crippen molar-refractivity contribution >= 4 is 34.3 Å². The molecule has 1 saturated heterocycles. The van der Waals surface area contributed by atoms with Gasteiger partial charge in [0, 0.05) is 13.0 Å². The first-order valence-electron chi connectivity index (χ1n) is 10.8. The second-order valence-electron chi connectivity index (χ2n) is 7.58. The summed E-state index contributed by atoms with van der Waals surface area (Å²) in [7, 11) is 0. The molecule has 0 bridgehead atoms. The van der Waals surface area contributed by atoms with Gasteiger partial charge >= 0.3 is 5.97 Å². The summed E-state index contributed by atoms with van der Waals surface area (Å²) in [5.41, 5.74) is 1.48. The zero-order chi connectivity index (χ0) is 22.2. The maximum absolute atomic E-state index is 13.4. The van der Waals surface area contributed by atoms with Gasteiger partial charge < -0.3 is 9.64 Å². The summed E-state index contributed by atoms with van der Waals surface area (Å²) in [6, 6.07) is 9.62. The number of carbonyl (C=O) groups excluding carboxylic acids is 3. The van der Waals surface area contributed by atoms with Crippen LogP contribution in [0.25, 0.3) is 0 Å². The van der Waals surface area contributed by atoms with Crippen molar-refractivity contribution in [2.45, 2.75) is 52.5 Å². The van der Waals surface area contributed by atoms with Crippen molar-refractivity contribution in [2.75, 3.05) is 24.6 Å². The Morgan fingerprint density at radius 2 is 1.90 bits per heavy atom. The highest BCUT2D eigenvalue weighted by Crippen LogP contribution is 2.28. The van der Waals surface area contributed by atoms with Gasteiger partial charge in [-0.2, -0.15) is 0 Å². The third kappa shape index (κ3) is 6.13. The molecule has 1 aromatic heterocycles. The molecule has 0 radical (unpaired) electrons. The van der Waals surface area contributed by atoms with Crippen LogP contribution in [0.2, 0.25) is 0 Å². The predicted octanol–water partition coefficient (Wildman–Crippen LogP) is 3.95. The lowest BCUT2D eigenvalue weighted by Crippen LogP contribution is -2.43. The fourth-order valence-electron chi connectivity index (χ4n) is 3.54. The smallest absolute Gasteiger partial charge is 0.350 e. The van der Waals surface area contributed by atoms with Crippen LogP contribution in [0.15, 0.2) is 30.3 Å². The highest BCUT2D eigenvalue weighted by molar-refractivity contribution is 7.17. The summed E-state index contributed by atoms with van der Waals surface area (Å²) in [4.78, 5) is 46.3. The number of hydrogen-bond acceptors (Lipinski definition) is 6. The van der Waals surface area contributed by atoms with Gasteiger partial charge in [0.05, 0.1) is 18.8 Å². The minimum Gasteiger partial charge on any atom is -0.462 e. The number of thiazole rings is 1. The number of likely N-dealkylation sites (tertiary alicyclic amines) is 1. The second-order valence-corrected chi connectivity index (χ2v) is 8.55. The molecule has 3 rings (SSSR count). The van der Waals surface area contributed by atoms with Crippen LogP contribution >= 0.6 is 11.3 Å². The van der Waals surface area contributed by atoms with E-state index in [1.165, 1.54) is 0 Å². The van der Waals surface area contributed by atoms with Crippen LogP contribution in [-0.4, -0.2) is 47.4 Å². The first-order valence-corrected chi connectivity index (χ1v) is 11.6. The van der Waals surface area contributed by atoms with E-state index in [4.69, 9.17) is 4.74 Å². The molecule has 2 amide bonds. The van der Waals surface area contributed by atoms with Crippen molar-refractivity contribution in [1.82, 2.24) is 9.88 Å². The van der Waals surface area contributed by atoms with E-state index < -0.39 is 5.97 Å². The van der Waals surface area contributed by atoms with Gasteiger partial charge in [0.1, 0.15) is 11.4 Å². The molecule has 1 aliphatic heterocycles. The van der Waals surface area contributed by atoms with E-state index in [0.717, 1.165) is 42.6 Å². The Bertz CT molecular complexity index is 913. The Morgan fingerprint density at radius 1 is 1.16 bits per heavy atom. The molecule has 7 nitrogen and oxygen atoms in total. The van der Waals surface area contributed by atoms with Gasteiger partial charge in [-0.1, -0.05) is 54.5 Å². The largest absolute Gasteiger partial charge is 0.462 e. The van der Waals surface area contributed by atoms with Crippen molar-refractivity contribution in [1.29, 1.82) is 0 Å². The van der Waals surface area contributed by atoms with E-state index >= 15 is 0 Å². The Balaban J connectivity index is 1.85. The molecule has 1 fully saturated rings. The van der Waals surface area contributed by atoms with E-state index in [2.05, 4.69) is 4.98 Å². The lowest BCUT2D eigenvalue weighted by atomic mass is 10.1. The molecule has 31 heavy (non-hydrogen) atoms. The Hall–Kier alpha value is -2.74. The average molecular weight is 444 g/mol. The van der Waals surface area contributed by atoms with Crippen molar-refractivity contribution in [3.8, 4) is 0 Å². The molecule has 0 aliphatic carbocycles. The Morgan fingerprint density at radius 3 is 2.65 bits per heavy atom. The van der Waals surface area contributed by atoms with E-state index in [1.807, 2.05) is 30.3 Å². The van der Waals surface area contributed by atoms with E-state index in [9.17, 15) is 14.4 Å². The number of aromatic nitrogens is 1. The molecule has 166 valence electrons. The van der Waals surface area contributed by atoms with Crippen LogP contribution in [0.4, 0.5) is 5.13 Å². The Labute approximate surface area is 187 Å². The SMILES string of the molecule is CCOC(=O)c1sc(N(Cc2ccccc2)C(=O)CN2CCCCCCC2=O)nc1C. The number of carbonyl (C=O) groups is 3. The normalized spacial score (nSPS) is 14.6. The molecular formula is C23H29N3O4S. The minimum absolute atomic E-state index is 0.0129. The predicted molar refractivity (Wildman–Crippen MR) is 120 cm³/mol. The van der Waals surface area contributed by atoms with E-state index in [1.54, 1.807) is 23.6 Å². The summed E-state index contributed by atoms with van der Waals surface area (Å²) in [5.74, 6) is -0.619. The van der Waals surface area contributed by atoms with E-state index in [-0.39, 0.29) is 25.0 Å². The Kier molecular flexibility index (Phi) is 8.17. The first kappa shape index (κ1) is 22.9. The maximum atomic E-state index is 13.4. The van der Waals surface area contributed by atoms with Crippen LogP contribution < -0.4 is 4.90 Å². The van der Waals surface area contributed by atoms with Crippen molar-refractivity contribution in [3.05, 3.63) is 46.5 Å².